The minimum Gasteiger partial charge on any atom is -0.340 e. The molecule has 2 rings (SSSR count). The normalized spacial score (nSPS) is 11.9. The second kappa shape index (κ2) is 8.47. The quantitative estimate of drug-likeness (QED) is 0.877. The molecule has 1 N–H and O–H groups in total. The van der Waals surface area contributed by atoms with Gasteiger partial charge in [-0.1, -0.05) is 61.9 Å². The van der Waals surface area contributed by atoms with Gasteiger partial charge in [0.2, 0.25) is 5.91 Å². The number of rotatable bonds is 6. The zero-order valence-corrected chi connectivity index (χ0v) is 15.3. The van der Waals surface area contributed by atoms with Crippen molar-refractivity contribution in [1.82, 2.24) is 10.2 Å². The highest BCUT2D eigenvalue weighted by Gasteiger charge is 2.27. The summed E-state index contributed by atoms with van der Waals surface area (Å²) in [7, 11) is 1.77. The van der Waals surface area contributed by atoms with Crippen LogP contribution in [0.25, 0.3) is 0 Å². The summed E-state index contributed by atoms with van der Waals surface area (Å²) in [6.45, 7) is 6.34. The Morgan fingerprint density at radius 2 is 1.72 bits per heavy atom. The van der Waals surface area contributed by atoms with Crippen LogP contribution in [-0.4, -0.2) is 29.8 Å². The molecule has 2 amide bonds. The van der Waals surface area contributed by atoms with E-state index in [9.17, 15) is 9.59 Å². The van der Waals surface area contributed by atoms with Crippen LogP contribution in [-0.2, 0) is 11.3 Å². The lowest BCUT2D eigenvalue weighted by Crippen LogP contribution is -2.50. The van der Waals surface area contributed by atoms with E-state index in [-0.39, 0.29) is 17.7 Å². The van der Waals surface area contributed by atoms with Gasteiger partial charge in [-0.05, 0) is 30.5 Å². The first kappa shape index (κ1) is 18.7. The van der Waals surface area contributed by atoms with E-state index in [0.29, 0.717) is 12.1 Å². The molecule has 0 aliphatic carbocycles. The maximum absolute atomic E-state index is 12.8. The number of nitrogens with one attached hydrogen (secondary N) is 1. The Hall–Kier alpha value is -2.62. The molecule has 1 unspecified atom stereocenters. The minimum atomic E-state index is -0.554. The first-order valence-electron chi connectivity index (χ1n) is 8.55. The predicted octanol–water partition coefficient (Wildman–Crippen LogP) is 3.41. The molecule has 0 heterocycles. The number of carbonyl (C=O) groups excluding carboxylic acids is 2. The van der Waals surface area contributed by atoms with E-state index in [1.807, 2.05) is 69.3 Å². The summed E-state index contributed by atoms with van der Waals surface area (Å²) in [6, 6.07) is 16.6. The molecule has 0 saturated carbocycles. The topological polar surface area (TPSA) is 49.4 Å². The predicted molar refractivity (Wildman–Crippen MR) is 100 cm³/mol. The van der Waals surface area contributed by atoms with Crippen LogP contribution in [0.4, 0.5) is 0 Å². The Balaban J connectivity index is 2.08. The van der Waals surface area contributed by atoms with Crippen LogP contribution in [0.5, 0.6) is 0 Å². The van der Waals surface area contributed by atoms with Crippen molar-refractivity contribution < 1.29 is 9.59 Å². The lowest BCUT2D eigenvalue weighted by Gasteiger charge is -2.27. The van der Waals surface area contributed by atoms with Crippen molar-refractivity contribution in [3.05, 3.63) is 71.3 Å². The van der Waals surface area contributed by atoms with Gasteiger partial charge in [0.05, 0.1) is 0 Å². The van der Waals surface area contributed by atoms with Crippen molar-refractivity contribution in [2.24, 2.45) is 5.92 Å². The van der Waals surface area contributed by atoms with E-state index in [1.54, 1.807) is 18.0 Å². The summed E-state index contributed by atoms with van der Waals surface area (Å²) in [4.78, 5) is 27.0. The van der Waals surface area contributed by atoms with Gasteiger partial charge in [-0.25, -0.2) is 0 Å². The summed E-state index contributed by atoms with van der Waals surface area (Å²) < 4.78 is 0. The van der Waals surface area contributed by atoms with Crippen LogP contribution < -0.4 is 5.32 Å². The van der Waals surface area contributed by atoms with E-state index >= 15 is 0 Å². The Morgan fingerprint density at radius 1 is 1.04 bits per heavy atom. The van der Waals surface area contributed by atoms with Gasteiger partial charge in [0.1, 0.15) is 6.04 Å². The van der Waals surface area contributed by atoms with Crippen LogP contribution >= 0.6 is 0 Å². The zero-order valence-electron chi connectivity index (χ0n) is 15.3. The largest absolute Gasteiger partial charge is 0.340 e. The monoisotopic (exact) mass is 338 g/mol. The molecular formula is C21H26N2O2. The van der Waals surface area contributed by atoms with E-state index in [1.165, 1.54) is 0 Å². The Morgan fingerprint density at radius 3 is 2.32 bits per heavy atom. The average molecular weight is 338 g/mol. The van der Waals surface area contributed by atoms with Gasteiger partial charge in [0.25, 0.3) is 5.91 Å². The van der Waals surface area contributed by atoms with E-state index < -0.39 is 6.04 Å². The smallest absolute Gasteiger partial charge is 0.251 e. The molecule has 0 aliphatic rings. The average Bonchev–Trinajstić information content (AvgIpc) is 2.59. The van der Waals surface area contributed by atoms with Crippen LogP contribution in [0.1, 0.15) is 35.3 Å². The van der Waals surface area contributed by atoms with Crippen molar-refractivity contribution in [2.75, 3.05) is 7.05 Å². The molecular weight excluding hydrogens is 312 g/mol. The molecule has 0 saturated heterocycles. The summed E-state index contributed by atoms with van der Waals surface area (Å²) in [5.74, 6) is -0.303. The third kappa shape index (κ3) is 5.18. The lowest BCUT2D eigenvalue weighted by molar-refractivity contribution is -0.133. The van der Waals surface area contributed by atoms with Crippen molar-refractivity contribution in [3.8, 4) is 0 Å². The standard InChI is InChI=1S/C21H26N2O2/c1-15(2)19(22-20(24)18-12-8-9-16(3)13-18)21(25)23(4)14-17-10-6-5-7-11-17/h5-13,15,19H,14H2,1-4H3,(H,22,24). The maximum atomic E-state index is 12.8. The minimum absolute atomic E-state index is 0.000479. The fourth-order valence-electron chi connectivity index (χ4n) is 2.70. The van der Waals surface area contributed by atoms with Gasteiger partial charge >= 0.3 is 0 Å². The van der Waals surface area contributed by atoms with E-state index in [0.717, 1.165) is 11.1 Å². The van der Waals surface area contributed by atoms with Crippen molar-refractivity contribution in [1.29, 1.82) is 0 Å². The number of carbonyl (C=O) groups is 2. The molecule has 0 bridgehead atoms. The Bertz CT molecular complexity index is 726. The van der Waals surface area contributed by atoms with E-state index in [2.05, 4.69) is 5.32 Å². The molecule has 4 nitrogen and oxygen atoms in total. The molecule has 1 atom stereocenters. The van der Waals surface area contributed by atoms with Crippen molar-refractivity contribution in [2.45, 2.75) is 33.4 Å². The van der Waals surface area contributed by atoms with Crippen LogP contribution in [0, 0.1) is 12.8 Å². The SMILES string of the molecule is Cc1cccc(C(=O)NC(C(=O)N(C)Cc2ccccc2)C(C)C)c1. The molecule has 2 aromatic rings. The molecule has 0 spiro atoms. The van der Waals surface area contributed by atoms with Crippen LogP contribution in [0.15, 0.2) is 54.6 Å². The number of aryl methyl sites for hydroxylation is 1. The maximum Gasteiger partial charge on any atom is 0.251 e. The highest BCUT2D eigenvalue weighted by Crippen LogP contribution is 2.11. The third-order valence-corrected chi connectivity index (χ3v) is 4.14. The number of hydrogen-bond acceptors (Lipinski definition) is 2. The van der Waals surface area contributed by atoms with Gasteiger partial charge in [-0.2, -0.15) is 0 Å². The zero-order chi connectivity index (χ0) is 18.4. The highest BCUT2D eigenvalue weighted by atomic mass is 16.2. The molecule has 2 aromatic carbocycles. The number of hydrogen-bond donors (Lipinski definition) is 1. The first-order valence-corrected chi connectivity index (χ1v) is 8.55. The summed E-state index contributed by atoms with van der Waals surface area (Å²) in [5, 5.41) is 2.90. The van der Waals surface area contributed by atoms with Crippen molar-refractivity contribution >= 4 is 11.8 Å². The molecule has 0 aromatic heterocycles. The fourth-order valence-corrected chi connectivity index (χ4v) is 2.70. The third-order valence-electron chi connectivity index (χ3n) is 4.14. The Labute approximate surface area is 149 Å². The van der Waals surface area contributed by atoms with Gasteiger partial charge in [0, 0.05) is 19.2 Å². The molecule has 25 heavy (non-hydrogen) atoms. The van der Waals surface area contributed by atoms with Gasteiger partial charge in [0.15, 0.2) is 0 Å². The second-order valence-corrected chi connectivity index (χ2v) is 6.74. The highest BCUT2D eigenvalue weighted by molar-refractivity contribution is 5.97. The van der Waals surface area contributed by atoms with Crippen LogP contribution in [0.3, 0.4) is 0 Å². The summed E-state index contributed by atoms with van der Waals surface area (Å²) in [6.07, 6.45) is 0. The first-order chi connectivity index (χ1) is 11.9. The summed E-state index contributed by atoms with van der Waals surface area (Å²) >= 11 is 0. The molecule has 0 radical (unpaired) electrons. The molecule has 0 aliphatic heterocycles. The van der Waals surface area contributed by atoms with Gasteiger partial charge < -0.3 is 10.2 Å². The van der Waals surface area contributed by atoms with Gasteiger partial charge in [-0.15, -0.1) is 0 Å². The number of likely N-dealkylation sites (N-methyl/N-ethyl adjacent to an activating group) is 1. The summed E-state index contributed by atoms with van der Waals surface area (Å²) in [5.41, 5.74) is 2.65. The second-order valence-electron chi connectivity index (χ2n) is 6.74. The molecule has 4 heteroatoms. The van der Waals surface area contributed by atoms with E-state index in [4.69, 9.17) is 0 Å². The number of nitrogens with zero attached hydrogens (tertiary/aromatic N) is 1. The van der Waals surface area contributed by atoms with Gasteiger partial charge in [-0.3, -0.25) is 9.59 Å². The number of amides is 2. The van der Waals surface area contributed by atoms with Crippen molar-refractivity contribution in [3.63, 3.8) is 0 Å². The molecule has 132 valence electrons. The fraction of sp³-hybridized carbons (Fsp3) is 0.333. The van der Waals surface area contributed by atoms with Crippen LogP contribution in [0.2, 0.25) is 0 Å². The molecule has 0 fully saturated rings. The Kier molecular flexibility index (Phi) is 6.34. The number of benzene rings is 2. The lowest BCUT2D eigenvalue weighted by atomic mass is 10.0.